The van der Waals surface area contributed by atoms with E-state index < -0.39 is 11.1 Å². The Hall–Kier alpha value is -3.72. The molecule has 1 aromatic carbocycles. The van der Waals surface area contributed by atoms with Gasteiger partial charge in [-0.25, -0.2) is 9.67 Å². The molecule has 0 bridgehead atoms. The topological polar surface area (TPSA) is 95.0 Å². The molecule has 0 aliphatic carbocycles. The number of aromatic nitrogens is 5. The van der Waals surface area contributed by atoms with Crippen LogP contribution >= 0.6 is 11.6 Å². The van der Waals surface area contributed by atoms with Gasteiger partial charge in [0.05, 0.1) is 33.7 Å². The van der Waals surface area contributed by atoms with Gasteiger partial charge in [-0.3, -0.25) is 19.0 Å². The number of nitrogens with zero attached hydrogens (tertiary/aromatic N) is 6. The highest BCUT2D eigenvalue weighted by atomic mass is 35.5. The number of pyridine rings is 1. The molecule has 10 heteroatoms. The second-order valence-corrected chi connectivity index (χ2v) is 8.89. The summed E-state index contributed by atoms with van der Waals surface area (Å²) in [4.78, 5) is 44.8. The minimum atomic E-state index is -0.626. The predicted molar refractivity (Wildman–Crippen MR) is 129 cm³/mol. The molecule has 1 amide bonds. The number of para-hydroxylation sites is 1. The van der Waals surface area contributed by atoms with Gasteiger partial charge in [-0.1, -0.05) is 29.8 Å². The lowest BCUT2D eigenvalue weighted by Crippen LogP contribution is -2.46. The number of piperidine rings is 1. The smallest absolute Gasteiger partial charge is 0.318 e. The first kappa shape index (κ1) is 22.1. The highest BCUT2D eigenvalue weighted by Gasteiger charge is 2.29. The summed E-state index contributed by atoms with van der Waals surface area (Å²) in [6.45, 7) is 2.79. The second kappa shape index (κ2) is 8.57. The van der Waals surface area contributed by atoms with Crippen LogP contribution in [0.15, 0.2) is 58.4 Å². The maximum atomic E-state index is 13.2. The molecule has 0 radical (unpaired) electrons. The molecule has 34 heavy (non-hydrogen) atoms. The summed E-state index contributed by atoms with van der Waals surface area (Å²) in [5.74, 6) is -0.0933. The minimum absolute atomic E-state index is 0.0933. The van der Waals surface area contributed by atoms with Crippen molar-refractivity contribution in [3.05, 3.63) is 85.8 Å². The molecule has 1 fully saturated rings. The number of fused-ring (bicyclic) bond motifs is 1. The minimum Gasteiger partial charge on any atom is -0.338 e. The molecule has 3 aromatic heterocycles. The highest BCUT2D eigenvalue weighted by Crippen LogP contribution is 2.26. The van der Waals surface area contributed by atoms with Crippen LogP contribution in [0.4, 0.5) is 0 Å². The van der Waals surface area contributed by atoms with Crippen molar-refractivity contribution in [1.29, 1.82) is 0 Å². The fourth-order valence-electron chi connectivity index (χ4n) is 4.59. The summed E-state index contributed by atoms with van der Waals surface area (Å²) >= 11 is 6.07. The number of rotatable bonds is 3. The Morgan fingerprint density at radius 2 is 1.76 bits per heavy atom. The third kappa shape index (κ3) is 3.62. The Labute approximate surface area is 199 Å². The average Bonchev–Trinajstić information content (AvgIpc) is 3.25. The molecular formula is C24H23ClN6O3. The number of benzene rings is 1. The number of likely N-dealkylation sites (tertiary alicyclic amines) is 1. The van der Waals surface area contributed by atoms with E-state index >= 15 is 0 Å². The van der Waals surface area contributed by atoms with Crippen molar-refractivity contribution in [2.45, 2.75) is 25.8 Å². The molecule has 1 aliphatic heterocycles. The third-order valence-electron chi connectivity index (χ3n) is 6.47. The monoisotopic (exact) mass is 478 g/mol. The zero-order chi connectivity index (χ0) is 24.0. The van der Waals surface area contributed by atoms with Crippen LogP contribution in [0, 0.1) is 6.92 Å². The van der Waals surface area contributed by atoms with E-state index in [1.807, 2.05) is 37.3 Å². The first-order valence-electron chi connectivity index (χ1n) is 11.0. The summed E-state index contributed by atoms with van der Waals surface area (Å²) in [6.07, 6.45) is 4.13. The molecule has 0 spiro atoms. The van der Waals surface area contributed by atoms with E-state index in [9.17, 15) is 14.4 Å². The SMILES string of the molecule is Cc1c(C(=O)N2CCC(n3c(=O)c(=O)n(C)c4cc(Cl)cnc43)CC2)cnn1-c1ccccc1. The molecule has 174 valence electrons. The average molecular weight is 479 g/mol. The summed E-state index contributed by atoms with van der Waals surface area (Å²) in [5.41, 5.74) is 1.89. The van der Waals surface area contributed by atoms with E-state index in [1.54, 1.807) is 21.8 Å². The lowest BCUT2D eigenvalue weighted by molar-refractivity contribution is 0.0694. The fraction of sp³-hybridized carbons (Fsp3) is 0.292. The Kier molecular flexibility index (Phi) is 5.57. The summed E-state index contributed by atoms with van der Waals surface area (Å²) < 4.78 is 4.50. The Balaban J connectivity index is 1.40. The van der Waals surface area contributed by atoms with Crippen LogP contribution < -0.4 is 11.1 Å². The van der Waals surface area contributed by atoms with Crippen LogP contribution in [-0.4, -0.2) is 47.8 Å². The molecule has 0 saturated carbocycles. The van der Waals surface area contributed by atoms with Crippen molar-refractivity contribution in [2.24, 2.45) is 7.05 Å². The number of carbonyl (C=O) groups is 1. The summed E-state index contributed by atoms with van der Waals surface area (Å²) in [5, 5.41) is 4.79. The first-order valence-corrected chi connectivity index (χ1v) is 11.4. The third-order valence-corrected chi connectivity index (χ3v) is 6.67. The number of halogens is 1. The lowest BCUT2D eigenvalue weighted by atomic mass is 10.0. The molecule has 0 unspecified atom stereocenters. The maximum Gasteiger partial charge on any atom is 0.318 e. The molecule has 4 aromatic rings. The van der Waals surface area contributed by atoms with Crippen LogP contribution in [-0.2, 0) is 7.05 Å². The van der Waals surface area contributed by atoms with Gasteiger partial charge in [0.25, 0.3) is 5.91 Å². The zero-order valence-corrected chi connectivity index (χ0v) is 19.6. The van der Waals surface area contributed by atoms with E-state index in [2.05, 4.69) is 10.1 Å². The van der Waals surface area contributed by atoms with E-state index in [-0.39, 0.29) is 11.9 Å². The standard InChI is InChI=1S/C24H23ClN6O3/c1-15-19(14-27-31(15)18-6-4-3-5-7-18)22(32)29-10-8-17(9-11-29)30-21-20(12-16(25)13-26-21)28(2)23(33)24(30)34/h3-7,12-14,17H,8-11H2,1-2H3. The Morgan fingerprint density at radius 3 is 2.47 bits per heavy atom. The molecular weight excluding hydrogens is 456 g/mol. The van der Waals surface area contributed by atoms with Crippen molar-refractivity contribution in [1.82, 2.24) is 28.8 Å². The second-order valence-electron chi connectivity index (χ2n) is 8.45. The summed E-state index contributed by atoms with van der Waals surface area (Å²) in [7, 11) is 1.54. The van der Waals surface area contributed by atoms with Crippen LogP contribution in [0.25, 0.3) is 16.9 Å². The van der Waals surface area contributed by atoms with Crippen LogP contribution in [0.3, 0.4) is 0 Å². The van der Waals surface area contributed by atoms with Crippen molar-refractivity contribution < 1.29 is 4.79 Å². The molecule has 5 rings (SSSR count). The van der Waals surface area contributed by atoms with E-state index in [0.29, 0.717) is 47.7 Å². The molecule has 4 heterocycles. The largest absolute Gasteiger partial charge is 0.338 e. The van der Waals surface area contributed by atoms with Crippen molar-refractivity contribution in [3.8, 4) is 5.69 Å². The number of amides is 1. The van der Waals surface area contributed by atoms with Crippen molar-refractivity contribution >= 4 is 28.7 Å². The normalized spacial score (nSPS) is 14.6. The van der Waals surface area contributed by atoms with Gasteiger partial charge in [0, 0.05) is 32.4 Å². The molecule has 1 saturated heterocycles. The van der Waals surface area contributed by atoms with Crippen LogP contribution in [0.5, 0.6) is 0 Å². The molecule has 1 aliphatic rings. The highest BCUT2D eigenvalue weighted by molar-refractivity contribution is 6.31. The number of aryl methyl sites for hydroxylation is 1. The fourth-order valence-corrected chi connectivity index (χ4v) is 4.74. The van der Waals surface area contributed by atoms with Crippen molar-refractivity contribution in [3.63, 3.8) is 0 Å². The maximum absolute atomic E-state index is 13.2. The van der Waals surface area contributed by atoms with Gasteiger partial charge in [0.2, 0.25) is 0 Å². The zero-order valence-electron chi connectivity index (χ0n) is 18.8. The van der Waals surface area contributed by atoms with E-state index in [4.69, 9.17) is 11.6 Å². The lowest BCUT2D eigenvalue weighted by Gasteiger charge is -2.33. The number of hydrogen-bond donors (Lipinski definition) is 0. The number of hydrogen-bond acceptors (Lipinski definition) is 5. The predicted octanol–water partition coefficient (Wildman–Crippen LogP) is 2.72. The Morgan fingerprint density at radius 1 is 1.06 bits per heavy atom. The van der Waals surface area contributed by atoms with Crippen LogP contribution in [0.2, 0.25) is 5.02 Å². The number of carbonyl (C=O) groups excluding carboxylic acids is 1. The van der Waals surface area contributed by atoms with Gasteiger partial charge in [-0.15, -0.1) is 0 Å². The van der Waals surface area contributed by atoms with Gasteiger partial charge in [-0.2, -0.15) is 5.10 Å². The van der Waals surface area contributed by atoms with Gasteiger partial charge >= 0.3 is 11.1 Å². The van der Waals surface area contributed by atoms with E-state index in [1.165, 1.54) is 22.4 Å². The quantitative estimate of drug-likeness (QED) is 0.422. The molecule has 0 atom stereocenters. The van der Waals surface area contributed by atoms with Gasteiger partial charge in [-0.05, 0) is 38.0 Å². The van der Waals surface area contributed by atoms with Gasteiger partial charge in [0.15, 0.2) is 5.65 Å². The summed E-state index contributed by atoms with van der Waals surface area (Å²) in [6, 6.07) is 11.0. The first-order chi connectivity index (χ1) is 16.4. The van der Waals surface area contributed by atoms with Crippen LogP contribution in [0.1, 0.15) is 34.9 Å². The molecule has 9 nitrogen and oxygen atoms in total. The van der Waals surface area contributed by atoms with E-state index in [0.717, 1.165) is 11.4 Å². The van der Waals surface area contributed by atoms with Gasteiger partial charge < -0.3 is 9.47 Å². The Bertz CT molecular complexity index is 1510. The molecule has 0 N–H and O–H groups in total. The van der Waals surface area contributed by atoms with Gasteiger partial charge in [0.1, 0.15) is 0 Å². The van der Waals surface area contributed by atoms with Crippen molar-refractivity contribution in [2.75, 3.05) is 13.1 Å².